The SMILES string of the molecule is Cc1c(S(=O)(=O)O)ccc([C@@]2(C)CO2)c1[N+](=O)[O-]. The third-order valence-electron chi connectivity index (χ3n) is 2.99. The minimum atomic E-state index is -4.48. The molecule has 1 aliphatic rings. The van der Waals surface area contributed by atoms with E-state index in [2.05, 4.69) is 0 Å². The lowest BCUT2D eigenvalue weighted by molar-refractivity contribution is -0.386. The first-order valence-electron chi connectivity index (χ1n) is 5.07. The van der Waals surface area contributed by atoms with Crippen molar-refractivity contribution in [2.24, 2.45) is 0 Å². The van der Waals surface area contributed by atoms with E-state index in [1.54, 1.807) is 6.92 Å². The monoisotopic (exact) mass is 273 g/mol. The van der Waals surface area contributed by atoms with Gasteiger partial charge in [0.1, 0.15) is 10.5 Å². The number of nitrogens with zero attached hydrogens (tertiary/aromatic N) is 1. The van der Waals surface area contributed by atoms with E-state index in [-0.39, 0.29) is 11.3 Å². The highest BCUT2D eigenvalue weighted by molar-refractivity contribution is 7.85. The molecule has 1 aromatic rings. The summed E-state index contributed by atoms with van der Waals surface area (Å²) in [7, 11) is -4.48. The van der Waals surface area contributed by atoms with Crippen LogP contribution in [0.25, 0.3) is 0 Å². The van der Waals surface area contributed by atoms with Gasteiger partial charge >= 0.3 is 0 Å². The molecular formula is C10H11NO6S. The van der Waals surface area contributed by atoms with Crippen LogP contribution in [0, 0.1) is 17.0 Å². The van der Waals surface area contributed by atoms with E-state index < -0.39 is 25.5 Å². The largest absolute Gasteiger partial charge is 0.365 e. The minimum absolute atomic E-state index is 0.0864. The van der Waals surface area contributed by atoms with Crippen molar-refractivity contribution in [1.29, 1.82) is 0 Å². The van der Waals surface area contributed by atoms with E-state index in [1.165, 1.54) is 13.0 Å². The Morgan fingerprint density at radius 3 is 2.44 bits per heavy atom. The molecule has 7 nitrogen and oxygen atoms in total. The number of nitro benzene ring substituents is 1. The average Bonchev–Trinajstić information content (AvgIpc) is 2.94. The van der Waals surface area contributed by atoms with Crippen LogP contribution in [-0.2, 0) is 20.5 Å². The van der Waals surface area contributed by atoms with E-state index >= 15 is 0 Å². The summed E-state index contributed by atoms with van der Waals surface area (Å²) in [5, 5.41) is 11.1. The standard InChI is InChI=1S/C10H11NO6S/c1-6-8(18(14,15)16)4-3-7(9(6)11(12)13)10(2)5-17-10/h3-4H,5H2,1-2H3,(H,14,15,16)/t10-/m1/s1. The van der Waals surface area contributed by atoms with Crippen molar-refractivity contribution in [1.82, 2.24) is 0 Å². The summed E-state index contributed by atoms with van der Waals surface area (Å²) in [4.78, 5) is 9.95. The van der Waals surface area contributed by atoms with Crippen LogP contribution in [0.5, 0.6) is 0 Å². The zero-order valence-corrected chi connectivity index (χ0v) is 10.5. The molecule has 18 heavy (non-hydrogen) atoms. The molecule has 0 spiro atoms. The second kappa shape index (κ2) is 3.74. The van der Waals surface area contributed by atoms with Gasteiger partial charge in [-0.15, -0.1) is 0 Å². The summed E-state index contributed by atoms with van der Waals surface area (Å²) in [6.45, 7) is 3.32. The first kappa shape index (κ1) is 12.9. The van der Waals surface area contributed by atoms with Gasteiger partial charge in [-0.2, -0.15) is 8.42 Å². The molecule has 0 radical (unpaired) electrons. The van der Waals surface area contributed by atoms with Crippen molar-refractivity contribution in [2.45, 2.75) is 24.3 Å². The Labute approximate surface area is 103 Å². The highest BCUT2D eigenvalue weighted by Crippen LogP contribution is 2.44. The predicted octanol–water partition coefficient (Wildman–Crippen LogP) is 1.40. The number of hydrogen-bond acceptors (Lipinski definition) is 5. The second-order valence-electron chi connectivity index (χ2n) is 4.34. The Bertz CT molecular complexity index is 632. The molecule has 1 aromatic carbocycles. The lowest BCUT2D eigenvalue weighted by Gasteiger charge is -2.10. The summed E-state index contributed by atoms with van der Waals surface area (Å²) in [6, 6.07) is 2.46. The van der Waals surface area contributed by atoms with Gasteiger partial charge in [-0.3, -0.25) is 14.7 Å². The molecule has 1 N–H and O–H groups in total. The fourth-order valence-electron chi connectivity index (χ4n) is 1.89. The zero-order chi connectivity index (χ0) is 13.7. The Kier molecular flexibility index (Phi) is 2.69. The summed E-state index contributed by atoms with van der Waals surface area (Å²) in [6.07, 6.45) is 0. The van der Waals surface area contributed by atoms with Crippen LogP contribution in [0.15, 0.2) is 17.0 Å². The summed E-state index contributed by atoms with van der Waals surface area (Å²) < 4.78 is 36.4. The fraction of sp³-hybridized carbons (Fsp3) is 0.400. The number of benzene rings is 1. The van der Waals surface area contributed by atoms with Gasteiger partial charge in [0.25, 0.3) is 15.8 Å². The van der Waals surface area contributed by atoms with E-state index in [9.17, 15) is 18.5 Å². The number of rotatable bonds is 3. The number of ether oxygens (including phenoxy) is 1. The predicted molar refractivity (Wildman–Crippen MR) is 61.0 cm³/mol. The summed E-state index contributed by atoms with van der Waals surface area (Å²) >= 11 is 0. The normalized spacial score (nSPS) is 22.8. The van der Waals surface area contributed by atoms with Crippen LogP contribution in [-0.4, -0.2) is 24.5 Å². The van der Waals surface area contributed by atoms with E-state index in [0.29, 0.717) is 12.2 Å². The quantitative estimate of drug-likeness (QED) is 0.385. The molecule has 98 valence electrons. The van der Waals surface area contributed by atoms with E-state index in [4.69, 9.17) is 9.29 Å². The number of nitro groups is 1. The fourth-order valence-corrected chi connectivity index (χ4v) is 2.61. The van der Waals surface area contributed by atoms with Crippen molar-refractivity contribution in [2.75, 3.05) is 6.61 Å². The molecule has 8 heteroatoms. The van der Waals surface area contributed by atoms with Crippen molar-refractivity contribution >= 4 is 15.8 Å². The molecule has 2 rings (SSSR count). The summed E-state index contributed by atoms with van der Waals surface area (Å²) in [5.74, 6) is 0. The van der Waals surface area contributed by atoms with Crippen LogP contribution in [0.4, 0.5) is 5.69 Å². The van der Waals surface area contributed by atoms with Gasteiger partial charge in [0.2, 0.25) is 0 Å². The zero-order valence-electron chi connectivity index (χ0n) is 9.71. The molecule has 1 heterocycles. The van der Waals surface area contributed by atoms with Crippen LogP contribution < -0.4 is 0 Å². The molecule has 0 amide bonds. The molecular weight excluding hydrogens is 262 g/mol. The molecule has 0 aromatic heterocycles. The van der Waals surface area contributed by atoms with Crippen LogP contribution in [0.2, 0.25) is 0 Å². The van der Waals surface area contributed by atoms with Crippen LogP contribution in [0.3, 0.4) is 0 Å². The Morgan fingerprint density at radius 1 is 1.50 bits per heavy atom. The lowest BCUT2D eigenvalue weighted by atomic mass is 9.97. The number of epoxide rings is 1. The molecule has 1 atom stereocenters. The third-order valence-corrected chi connectivity index (χ3v) is 3.99. The van der Waals surface area contributed by atoms with E-state index in [0.717, 1.165) is 6.07 Å². The highest BCUT2D eigenvalue weighted by atomic mass is 32.2. The van der Waals surface area contributed by atoms with Crippen molar-refractivity contribution < 1.29 is 22.6 Å². The van der Waals surface area contributed by atoms with Crippen molar-refractivity contribution in [3.63, 3.8) is 0 Å². The van der Waals surface area contributed by atoms with Gasteiger partial charge in [0, 0.05) is 5.56 Å². The molecule has 1 fully saturated rings. The summed E-state index contributed by atoms with van der Waals surface area (Å²) in [5.41, 5.74) is -0.843. The van der Waals surface area contributed by atoms with Gasteiger partial charge in [-0.25, -0.2) is 0 Å². The Hall–Kier alpha value is -1.51. The highest BCUT2D eigenvalue weighted by Gasteiger charge is 2.46. The molecule has 0 aliphatic carbocycles. The van der Waals surface area contributed by atoms with Crippen LogP contribution >= 0.6 is 0 Å². The third kappa shape index (κ3) is 1.98. The van der Waals surface area contributed by atoms with Gasteiger partial charge in [0.15, 0.2) is 0 Å². The lowest BCUT2D eigenvalue weighted by Crippen LogP contribution is -2.11. The first-order valence-corrected chi connectivity index (χ1v) is 6.51. The molecule has 0 saturated carbocycles. The maximum atomic E-state index is 11.1. The topological polar surface area (TPSA) is 110 Å². The molecule has 1 saturated heterocycles. The second-order valence-corrected chi connectivity index (χ2v) is 5.73. The van der Waals surface area contributed by atoms with Crippen molar-refractivity contribution in [3.8, 4) is 0 Å². The smallest absolute Gasteiger partial charge is 0.295 e. The van der Waals surface area contributed by atoms with Crippen molar-refractivity contribution in [3.05, 3.63) is 33.4 Å². The Morgan fingerprint density at radius 2 is 2.06 bits per heavy atom. The van der Waals surface area contributed by atoms with Gasteiger partial charge < -0.3 is 4.74 Å². The number of hydrogen-bond donors (Lipinski definition) is 1. The molecule has 0 unspecified atom stereocenters. The van der Waals surface area contributed by atoms with Gasteiger partial charge in [-0.1, -0.05) is 0 Å². The van der Waals surface area contributed by atoms with Crippen LogP contribution in [0.1, 0.15) is 18.1 Å². The maximum absolute atomic E-state index is 11.1. The first-order chi connectivity index (χ1) is 8.17. The Balaban J connectivity index is 2.74. The average molecular weight is 273 g/mol. The maximum Gasteiger partial charge on any atom is 0.295 e. The molecule has 1 aliphatic heterocycles. The minimum Gasteiger partial charge on any atom is -0.365 e. The van der Waals surface area contributed by atoms with E-state index in [1.807, 2.05) is 0 Å². The van der Waals surface area contributed by atoms with Gasteiger partial charge in [-0.05, 0) is 26.0 Å². The van der Waals surface area contributed by atoms with Gasteiger partial charge in [0.05, 0.1) is 17.1 Å². The molecule has 0 bridgehead atoms.